The maximum absolute atomic E-state index is 6.12. The molecule has 0 saturated carbocycles. The van der Waals surface area contributed by atoms with Crippen molar-refractivity contribution in [2.45, 2.75) is 39.2 Å². The first kappa shape index (κ1) is 17.1. The van der Waals surface area contributed by atoms with E-state index in [-0.39, 0.29) is 0 Å². The van der Waals surface area contributed by atoms with Crippen molar-refractivity contribution in [1.82, 2.24) is 10.2 Å². The Morgan fingerprint density at radius 2 is 1.90 bits per heavy atom. The Labute approximate surface area is 138 Å². The molecule has 1 heterocycles. The third kappa shape index (κ3) is 5.14. The first-order valence-electron chi connectivity index (χ1n) is 8.00. The summed E-state index contributed by atoms with van der Waals surface area (Å²) in [4.78, 5) is 2.58. The lowest BCUT2D eigenvalue weighted by atomic mass is 10.0. The van der Waals surface area contributed by atoms with Crippen LogP contribution in [0.4, 0.5) is 0 Å². The van der Waals surface area contributed by atoms with Gasteiger partial charge in [0.05, 0.1) is 10.0 Å². The van der Waals surface area contributed by atoms with Gasteiger partial charge in [0.25, 0.3) is 0 Å². The van der Waals surface area contributed by atoms with Crippen molar-refractivity contribution < 1.29 is 0 Å². The second-order valence-corrected chi connectivity index (χ2v) is 6.97. The molecule has 1 fully saturated rings. The van der Waals surface area contributed by atoms with Crippen LogP contribution in [0.15, 0.2) is 18.2 Å². The molecule has 1 aliphatic heterocycles. The fraction of sp³-hybridized carbons (Fsp3) is 0.647. The molecule has 0 aromatic heterocycles. The fourth-order valence-electron chi connectivity index (χ4n) is 3.04. The molecule has 1 saturated heterocycles. The number of nitrogens with one attached hydrogen (secondary N) is 1. The van der Waals surface area contributed by atoms with Crippen molar-refractivity contribution in [3.8, 4) is 0 Å². The minimum atomic E-state index is 0.348. The molecule has 1 aromatic carbocycles. The predicted octanol–water partition coefficient (Wildman–Crippen LogP) is 4.77. The first-order chi connectivity index (χ1) is 10.1. The van der Waals surface area contributed by atoms with Crippen LogP contribution in [0.3, 0.4) is 0 Å². The van der Waals surface area contributed by atoms with E-state index in [0.717, 1.165) is 13.0 Å². The van der Waals surface area contributed by atoms with Gasteiger partial charge < -0.3 is 10.2 Å². The van der Waals surface area contributed by atoms with Gasteiger partial charge in [-0.05, 0) is 62.5 Å². The molecule has 4 heteroatoms. The summed E-state index contributed by atoms with van der Waals surface area (Å²) in [5.74, 6) is 0.667. The highest BCUT2D eigenvalue weighted by molar-refractivity contribution is 6.42. The van der Waals surface area contributed by atoms with E-state index in [2.05, 4.69) is 30.1 Å². The first-order valence-corrected chi connectivity index (χ1v) is 8.76. The molecule has 2 rings (SSSR count). The van der Waals surface area contributed by atoms with Crippen LogP contribution in [0, 0.1) is 5.92 Å². The van der Waals surface area contributed by atoms with Crippen molar-refractivity contribution in [3.05, 3.63) is 33.8 Å². The molecule has 0 aliphatic carbocycles. The van der Waals surface area contributed by atoms with Gasteiger partial charge in [0.2, 0.25) is 0 Å². The van der Waals surface area contributed by atoms with E-state index < -0.39 is 0 Å². The molecule has 2 unspecified atom stereocenters. The van der Waals surface area contributed by atoms with Crippen molar-refractivity contribution in [3.63, 3.8) is 0 Å². The summed E-state index contributed by atoms with van der Waals surface area (Å²) in [6.45, 7) is 9.31. The van der Waals surface area contributed by atoms with E-state index in [1.807, 2.05) is 12.1 Å². The van der Waals surface area contributed by atoms with Crippen molar-refractivity contribution in [2.24, 2.45) is 5.92 Å². The van der Waals surface area contributed by atoms with Gasteiger partial charge in [-0.3, -0.25) is 0 Å². The minimum Gasteiger partial charge on any atom is -0.310 e. The lowest BCUT2D eigenvalue weighted by molar-refractivity contribution is 0.277. The molecule has 0 bridgehead atoms. The van der Waals surface area contributed by atoms with Gasteiger partial charge in [-0.15, -0.1) is 0 Å². The molecule has 21 heavy (non-hydrogen) atoms. The Morgan fingerprint density at radius 1 is 1.19 bits per heavy atom. The largest absolute Gasteiger partial charge is 0.310 e. The zero-order valence-corrected chi connectivity index (χ0v) is 14.6. The van der Waals surface area contributed by atoms with E-state index in [4.69, 9.17) is 23.2 Å². The molecule has 118 valence electrons. The summed E-state index contributed by atoms with van der Waals surface area (Å²) in [6.07, 6.45) is 3.77. The molecular weight excluding hydrogens is 303 g/mol. The standard InChI is InChI=1S/C17H26Cl2N2/c1-3-17(14-6-7-15(18)16(19)10-14)20-11-13(2)12-21-8-4-5-9-21/h6-7,10,13,17,20H,3-5,8-9,11-12H2,1-2H3. The zero-order valence-electron chi connectivity index (χ0n) is 13.0. The van der Waals surface area contributed by atoms with Gasteiger partial charge in [0, 0.05) is 12.6 Å². The third-order valence-corrected chi connectivity index (χ3v) is 4.97. The number of rotatable bonds is 7. The number of hydrogen-bond donors (Lipinski definition) is 1. The fourth-order valence-corrected chi connectivity index (χ4v) is 3.35. The van der Waals surface area contributed by atoms with Crippen LogP contribution in [0.5, 0.6) is 0 Å². The van der Waals surface area contributed by atoms with E-state index in [1.165, 1.54) is 38.0 Å². The van der Waals surface area contributed by atoms with E-state index >= 15 is 0 Å². The SMILES string of the molecule is CCC(NCC(C)CN1CCCC1)c1ccc(Cl)c(Cl)c1. The summed E-state index contributed by atoms with van der Waals surface area (Å²) in [5, 5.41) is 4.94. The van der Waals surface area contributed by atoms with E-state index in [1.54, 1.807) is 0 Å². The summed E-state index contributed by atoms with van der Waals surface area (Å²) < 4.78 is 0. The number of hydrogen-bond acceptors (Lipinski definition) is 2. The Morgan fingerprint density at radius 3 is 2.52 bits per heavy atom. The van der Waals surface area contributed by atoms with Crippen LogP contribution in [-0.4, -0.2) is 31.1 Å². The van der Waals surface area contributed by atoms with Gasteiger partial charge in [-0.25, -0.2) is 0 Å². The van der Waals surface area contributed by atoms with Crippen LogP contribution in [0.25, 0.3) is 0 Å². The number of benzene rings is 1. The highest BCUT2D eigenvalue weighted by Gasteiger charge is 2.16. The van der Waals surface area contributed by atoms with Gasteiger partial charge in [0.15, 0.2) is 0 Å². The molecule has 1 N–H and O–H groups in total. The zero-order chi connectivity index (χ0) is 15.2. The van der Waals surface area contributed by atoms with Crippen LogP contribution >= 0.6 is 23.2 Å². The second kappa shape index (κ2) is 8.38. The van der Waals surface area contributed by atoms with Crippen molar-refractivity contribution >= 4 is 23.2 Å². The van der Waals surface area contributed by atoms with Crippen LogP contribution in [0.1, 0.15) is 44.7 Å². The molecule has 0 radical (unpaired) electrons. The van der Waals surface area contributed by atoms with E-state index in [9.17, 15) is 0 Å². The van der Waals surface area contributed by atoms with Crippen LogP contribution in [-0.2, 0) is 0 Å². The summed E-state index contributed by atoms with van der Waals surface area (Å²) >= 11 is 12.1. The number of likely N-dealkylation sites (tertiary alicyclic amines) is 1. The smallest absolute Gasteiger partial charge is 0.0595 e. The molecule has 1 aromatic rings. The Bertz CT molecular complexity index is 444. The summed E-state index contributed by atoms with van der Waals surface area (Å²) in [7, 11) is 0. The monoisotopic (exact) mass is 328 g/mol. The second-order valence-electron chi connectivity index (χ2n) is 6.16. The maximum atomic E-state index is 6.12. The average Bonchev–Trinajstić information content (AvgIpc) is 2.96. The maximum Gasteiger partial charge on any atom is 0.0595 e. The van der Waals surface area contributed by atoms with E-state index in [0.29, 0.717) is 22.0 Å². The highest BCUT2D eigenvalue weighted by atomic mass is 35.5. The number of halogens is 2. The normalized spacial score (nSPS) is 18.9. The van der Waals surface area contributed by atoms with Gasteiger partial charge in [-0.2, -0.15) is 0 Å². The Kier molecular flexibility index (Phi) is 6.81. The topological polar surface area (TPSA) is 15.3 Å². The summed E-state index contributed by atoms with van der Waals surface area (Å²) in [6, 6.07) is 6.29. The van der Waals surface area contributed by atoms with Crippen molar-refractivity contribution in [2.75, 3.05) is 26.2 Å². The molecule has 2 nitrogen and oxygen atoms in total. The Balaban J connectivity index is 1.85. The summed E-state index contributed by atoms with van der Waals surface area (Å²) in [5.41, 5.74) is 1.22. The molecule has 2 atom stereocenters. The predicted molar refractivity (Wildman–Crippen MR) is 92.3 cm³/mol. The molecule has 0 amide bonds. The molecule has 1 aliphatic rings. The third-order valence-electron chi connectivity index (χ3n) is 4.24. The number of nitrogens with zero attached hydrogens (tertiary/aromatic N) is 1. The minimum absolute atomic E-state index is 0.348. The van der Waals surface area contributed by atoms with Gasteiger partial charge in [-0.1, -0.05) is 43.1 Å². The van der Waals surface area contributed by atoms with Crippen molar-refractivity contribution in [1.29, 1.82) is 0 Å². The lowest BCUT2D eigenvalue weighted by Crippen LogP contribution is -2.33. The van der Waals surface area contributed by atoms with Crippen LogP contribution in [0.2, 0.25) is 10.0 Å². The average molecular weight is 329 g/mol. The highest BCUT2D eigenvalue weighted by Crippen LogP contribution is 2.27. The lowest BCUT2D eigenvalue weighted by Gasteiger charge is -2.24. The van der Waals surface area contributed by atoms with Gasteiger partial charge in [0.1, 0.15) is 0 Å². The van der Waals surface area contributed by atoms with Crippen LogP contribution < -0.4 is 5.32 Å². The van der Waals surface area contributed by atoms with Gasteiger partial charge >= 0.3 is 0 Å². The quantitative estimate of drug-likeness (QED) is 0.775. The molecular formula is C17H26Cl2N2. The molecule has 0 spiro atoms. The Hall–Kier alpha value is -0.280.